The standard InChI is InChI=1S/C10H17N5O3/c1-7(2-3-16)6-12-9-4-8(15(17)18)5-10(13-9)14-11/h4-5,7,16H,2-3,6,11H2,1H3,(H2,12,13,14). The molecule has 18 heavy (non-hydrogen) atoms. The predicted molar refractivity (Wildman–Crippen MR) is 68.1 cm³/mol. The Balaban J connectivity index is 2.75. The van der Waals surface area contributed by atoms with Crippen molar-refractivity contribution < 1.29 is 10.0 Å². The molecule has 0 bridgehead atoms. The molecule has 1 rings (SSSR count). The third-order valence-electron chi connectivity index (χ3n) is 2.42. The van der Waals surface area contributed by atoms with Gasteiger partial charge in [-0.3, -0.25) is 10.1 Å². The summed E-state index contributed by atoms with van der Waals surface area (Å²) in [6, 6.07) is 2.59. The number of nitrogen functional groups attached to an aromatic ring is 1. The number of aliphatic hydroxyl groups is 1. The van der Waals surface area contributed by atoms with E-state index in [0.29, 0.717) is 18.8 Å². The molecule has 1 unspecified atom stereocenters. The fourth-order valence-corrected chi connectivity index (χ4v) is 1.39. The van der Waals surface area contributed by atoms with Crippen LogP contribution in [0.25, 0.3) is 0 Å². The maximum absolute atomic E-state index is 10.7. The third kappa shape index (κ3) is 4.15. The number of nitro groups is 1. The second kappa shape index (κ2) is 6.72. The van der Waals surface area contributed by atoms with Gasteiger partial charge in [0.05, 0.1) is 17.1 Å². The van der Waals surface area contributed by atoms with Crippen LogP contribution < -0.4 is 16.6 Å². The highest BCUT2D eigenvalue weighted by atomic mass is 16.6. The van der Waals surface area contributed by atoms with Gasteiger partial charge >= 0.3 is 0 Å². The van der Waals surface area contributed by atoms with Crippen LogP contribution in [0.2, 0.25) is 0 Å². The molecule has 0 fully saturated rings. The maximum Gasteiger partial charge on any atom is 0.276 e. The molecule has 1 heterocycles. The lowest BCUT2D eigenvalue weighted by molar-refractivity contribution is -0.384. The molecule has 100 valence electrons. The quantitative estimate of drug-likeness (QED) is 0.321. The average molecular weight is 255 g/mol. The second-order valence-corrected chi connectivity index (χ2v) is 4.00. The minimum absolute atomic E-state index is 0.0877. The van der Waals surface area contributed by atoms with Crippen molar-refractivity contribution in [2.24, 2.45) is 11.8 Å². The van der Waals surface area contributed by atoms with Crippen molar-refractivity contribution in [2.75, 3.05) is 23.9 Å². The lowest BCUT2D eigenvalue weighted by atomic mass is 10.1. The number of hydrogen-bond acceptors (Lipinski definition) is 7. The van der Waals surface area contributed by atoms with Crippen LogP contribution in [0.5, 0.6) is 0 Å². The van der Waals surface area contributed by atoms with E-state index in [1.165, 1.54) is 12.1 Å². The van der Waals surface area contributed by atoms with Crippen molar-refractivity contribution in [2.45, 2.75) is 13.3 Å². The Bertz CT molecular complexity index is 412. The van der Waals surface area contributed by atoms with Gasteiger partial charge in [0.2, 0.25) is 0 Å². The van der Waals surface area contributed by atoms with Gasteiger partial charge in [0.1, 0.15) is 11.6 Å². The van der Waals surface area contributed by atoms with Crippen LogP contribution in [-0.4, -0.2) is 28.2 Å². The molecule has 1 aromatic heterocycles. The Hall–Kier alpha value is -1.93. The van der Waals surface area contributed by atoms with Crippen LogP contribution >= 0.6 is 0 Å². The van der Waals surface area contributed by atoms with E-state index in [4.69, 9.17) is 10.9 Å². The number of nitrogens with one attached hydrogen (secondary N) is 2. The van der Waals surface area contributed by atoms with Gasteiger partial charge in [0, 0.05) is 13.2 Å². The molecule has 8 heteroatoms. The van der Waals surface area contributed by atoms with Crippen LogP contribution in [0.4, 0.5) is 17.3 Å². The summed E-state index contributed by atoms with van der Waals surface area (Å²) in [7, 11) is 0. The summed E-state index contributed by atoms with van der Waals surface area (Å²) in [5.41, 5.74) is 2.19. The van der Waals surface area contributed by atoms with Crippen LogP contribution in [0.3, 0.4) is 0 Å². The third-order valence-corrected chi connectivity index (χ3v) is 2.42. The van der Waals surface area contributed by atoms with Crippen LogP contribution in [0.1, 0.15) is 13.3 Å². The minimum Gasteiger partial charge on any atom is -0.396 e. The first-order valence-corrected chi connectivity index (χ1v) is 5.54. The molecular formula is C10H17N5O3. The van der Waals surface area contributed by atoms with Gasteiger partial charge in [-0.25, -0.2) is 10.8 Å². The molecular weight excluding hydrogens is 238 g/mol. The number of aliphatic hydroxyl groups excluding tert-OH is 1. The summed E-state index contributed by atoms with van der Waals surface area (Å²) >= 11 is 0. The molecule has 0 aromatic carbocycles. The first kappa shape index (κ1) is 14.1. The molecule has 5 N–H and O–H groups in total. The van der Waals surface area contributed by atoms with Crippen molar-refractivity contribution in [1.82, 2.24) is 4.98 Å². The van der Waals surface area contributed by atoms with E-state index < -0.39 is 4.92 Å². The number of hydrazine groups is 1. The van der Waals surface area contributed by atoms with E-state index in [9.17, 15) is 10.1 Å². The van der Waals surface area contributed by atoms with Crippen LogP contribution in [-0.2, 0) is 0 Å². The molecule has 0 saturated carbocycles. The smallest absolute Gasteiger partial charge is 0.276 e. The zero-order chi connectivity index (χ0) is 13.5. The maximum atomic E-state index is 10.7. The molecule has 8 nitrogen and oxygen atoms in total. The van der Waals surface area contributed by atoms with Crippen molar-refractivity contribution >= 4 is 17.3 Å². The highest BCUT2D eigenvalue weighted by Crippen LogP contribution is 2.20. The number of aromatic nitrogens is 1. The number of pyridine rings is 1. The van der Waals surface area contributed by atoms with E-state index in [-0.39, 0.29) is 24.0 Å². The molecule has 0 aliphatic heterocycles. The number of rotatable bonds is 7. The summed E-state index contributed by atoms with van der Waals surface area (Å²) in [5, 5.41) is 22.5. The molecule has 0 radical (unpaired) electrons. The van der Waals surface area contributed by atoms with Crippen molar-refractivity contribution in [3.63, 3.8) is 0 Å². The Kier molecular flexibility index (Phi) is 5.28. The number of nitrogens with zero attached hydrogens (tertiary/aromatic N) is 2. The highest BCUT2D eigenvalue weighted by molar-refractivity contribution is 5.54. The van der Waals surface area contributed by atoms with E-state index >= 15 is 0 Å². The molecule has 0 aliphatic carbocycles. The summed E-state index contributed by atoms with van der Waals surface area (Å²) < 4.78 is 0. The minimum atomic E-state index is -0.509. The van der Waals surface area contributed by atoms with Crippen LogP contribution in [0.15, 0.2) is 12.1 Å². The van der Waals surface area contributed by atoms with Crippen molar-refractivity contribution in [1.29, 1.82) is 0 Å². The van der Waals surface area contributed by atoms with Crippen molar-refractivity contribution in [3.05, 3.63) is 22.2 Å². The summed E-state index contributed by atoms with van der Waals surface area (Å²) in [5.74, 6) is 6.04. The largest absolute Gasteiger partial charge is 0.396 e. The van der Waals surface area contributed by atoms with E-state index in [0.717, 1.165) is 0 Å². The topological polar surface area (TPSA) is 126 Å². The summed E-state index contributed by atoms with van der Waals surface area (Å²) in [6.45, 7) is 2.64. The van der Waals surface area contributed by atoms with Crippen LogP contribution in [0, 0.1) is 16.0 Å². The Morgan fingerprint density at radius 2 is 2.22 bits per heavy atom. The van der Waals surface area contributed by atoms with E-state index in [1.54, 1.807) is 0 Å². The summed E-state index contributed by atoms with van der Waals surface area (Å²) in [6.07, 6.45) is 0.657. The number of nitrogens with two attached hydrogens (primary N) is 1. The fourth-order valence-electron chi connectivity index (χ4n) is 1.39. The van der Waals surface area contributed by atoms with Gasteiger partial charge in [-0.2, -0.15) is 0 Å². The van der Waals surface area contributed by atoms with Gasteiger partial charge in [-0.05, 0) is 12.3 Å². The number of hydrogen-bond donors (Lipinski definition) is 4. The van der Waals surface area contributed by atoms with E-state index in [2.05, 4.69) is 15.7 Å². The van der Waals surface area contributed by atoms with E-state index in [1.807, 2.05) is 6.92 Å². The highest BCUT2D eigenvalue weighted by Gasteiger charge is 2.11. The monoisotopic (exact) mass is 255 g/mol. The Morgan fingerprint density at radius 1 is 1.56 bits per heavy atom. The fraction of sp³-hybridized carbons (Fsp3) is 0.500. The average Bonchev–Trinajstić information content (AvgIpc) is 2.36. The zero-order valence-electron chi connectivity index (χ0n) is 10.1. The molecule has 0 amide bonds. The lowest BCUT2D eigenvalue weighted by Gasteiger charge is -2.12. The second-order valence-electron chi connectivity index (χ2n) is 4.00. The first-order chi connectivity index (χ1) is 8.56. The van der Waals surface area contributed by atoms with Crippen molar-refractivity contribution in [3.8, 4) is 0 Å². The van der Waals surface area contributed by atoms with Gasteiger partial charge in [-0.15, -0.1) is 0 Å². The number of anilines is 2. The van der Waals surface area contributed by atoms with Gasteiger partial charge < -0.3 is 15.8 Å². The normalized spacial score (nSPS) is 11.9. The molecule has 1 atom stereocenters. The summed E-state index contributed by atoms with van der Waals surface area (Å²) in [4.78, 5) is 14.3. The molecule has 0 saturated heterocycles. The molecule has 0 spiro atoms. The Morgan fingerprint density at radius 3 is 2.78 bits per heavy atom. The SMILES string of the molecule is CC(CCO)CNc1cc([N+](=O)[O-])cc(NN)n1. The Labute approximate surface area is 104 Å². The lowest BCUT2D eigenvalue weighted by Crippen LogP contribution is -2.15. The van der Waals surface area contributed by atoms with Gasteiger partial charge in [0.15, 0.2) is 0 Å². The first-order valence-electron chi connectivity index (χ1n) is 5.54. The van der Waals surface area contributed by atoms with Gasteiger partial charge in [0.25, 0.3) is 5.69 Å². The molecule has 0 aliphatic rings. The van der Waals surface area contributed by atoms with Gasteiger partial charge in [-0.1, -0.05) is 6.92 Å². The predicted octanol–water partition coefficient (Wildman–Crippen LogP) is 0.706. The zero-order valence-corrected chi connectivity index (χ0v) is 10.1. The molecule has 1 aromatic rings.